The fourth-order valence-electron chi connectivity index (χ4n) is 1.83. The van der Waals surface area contributed by atoms with E-state index in [0.717, 1.165) is 0 Å². The van der Waals surface area contributed by atoms with Crippen LogP contribution in [0, 0.1) is 5.82 Å². The molecular formula is C14H18FN3O. The Morgan fingerprint density at radius 1 is 1.32 bits per heavy atom. The first-order valence-electron chi connectivity index (χ1n) is 6.25. The van der Waals surface area contributed by atoms with Gasteiger partial charge in [-0.25, -0.2) is 4.39 Å². The molecule has 0 aliphatic rings. The molecule has 0 unspecified atom stereocenters. The number of halogens is 1. The van der Waals surface area contributed by atoms with Gasteiger partial charge in [0.05, 0.1) is 12.4 Å². The zero-order valence-electron chi connectivity index (χ0n) is 11.3. The summed E-state index contributed by atoms with van der Waals surface area (Å²) in [5.74, 6) is 0.642. The number of nitrogens with two attached hydrogens (primary N) is 1. The molecule has 0 aliphatic carbocycles. The monoisotopic (exact) mass is 263 g/mol. The largest absolute Gasteiger partial charge is 0.454 e. The zero-order valence-corrected chi connectivity index (χ0v) is 11.3. The van der Waals surface area contributed by atoms with Crippen molar-refractivity contribution in [2.75, 3.05) is 0 Å². The van der Waals surface area contributed by atoms with Crippen LogP contribution in [0.15, 0.2) is 30.6 Å². The minimum absolute atomic E-state index is 0.248. The third-order valence-corrected chi connectivity index (χ3v) is 2.80. The minimum atomic E-state index is -0.434. The fourth-order valence-corrected chi connectivity index (χ4v) is 1.83. The lowest BCUT2D eigenvalue weighted by Crippen LogP contribution is -2.09. The van der Waals surface area contributed by atoms with Crippen LogP contribution in [0.4, 0.5) is 4.39 Å². The average molecular weight is 263 g/mol. The normalized spacial score (nSPS) is 12.7. The smallest absolute Gasteiger partial charge is 0.165 e. The summed E-state index contributed by atoms with van der Waals surface area (Å²) < 4.78 is 21.2. The van der Waals surface area contributed by atoms with Crippen LogP contribution < -0.4 is 10.5 Å². The summed E-state index contributed by atoms with van der Waals surface area (Å²) in [4.78, 5) is 0. The van der Waals surface area contributed by atoms with Gasteiger partial charge in [0.15, 0.2) is 5.75 Å². The molecule has 0 spiro atoms. The fraction of sp³-hybridized carbons (Fsp3) is 0.357. The van der Waals surface area contributed by atoms with Crippen molar-refractivity contribution in [3.8, 4) is 11.5 Å². The average Bonchev–Trinajstić information content (AvgIpc) is 2.77. The Morgan fingerprint density at radius 2 is 2.05 bits per heavy atom. The van der Waals surface area contributed by atoms with E-state index in [9.17, 15) is 4.39 Å². The second-order valence-electron chi connectivity index (χ2n) is 4.79. The Balaban J connectivity index is 2.30. The first kappa shape index (κ1) is 13.5. The molecule has 0 fully saturated rings. The van der Waals surface area contributed by atoms with E-state index in [1.165, 1.54) is 6.07 Å². The van der Waals surface area contributed by atoms with Crippen LogP contribution in [0.2, 0.25) is 0 Å². The van der Waals surface area contributed by atoms with Crippen LogP contribution in [-0.2, 0) is 0 Å². The minimum Gasteiger partial charge on any atom is -0.454 e. The molecule has 5 heteroatoms. The SMILES string of the molecule is CC(C)n1cc(Oc2cccc(F)c2[C@H](C)N)cn1. The summed E-state index contributed by atoms with van der Waals surface area (Å²) >= 11 is 0. The van der Waals surface area contributed by atoms with Crippen LogP contribution in [0.5, 0.6) is 11.5 Å². The highest BCUT2D eigenvalue weighted by Gasteiger charge is 2.15. The van der Waals surface area contributed by atoms with Gasteiger partial charge < -0.3 is 10.5 Å². The number of nitrogens with zero attached hydrogens (tertiary/aromatic N) is 2. The first-order valence-corrected chi connectivity index (χ1v) is 6.25. The van der Waals surface area contributed by atoms with Gasteiger partial charge in [-0.05, 0) is 32.9 Å². The van der Waals surface area contributed by atoms with Crippen molar-refractivity contribution in [2.45, 2.75) is 32.9 Å². The highest BCUT2D eigenvalue weighted by atomic mass is 19.1. The van der Waals surface area contributed by atoms with E-state index in [0.29, 0.717) is 17.1 Å². The van der Waals surface area contributed by atoms with Crippen LogP contribution in [0.1, 0.15) is 38.4 Å². The van der Waals surface area contributed by atoms with Gasteiger partial charge in [0.2, 0.25) is 0 Å². The number of hydrogen-bond acceptors (Lipinski definition) is 3. The Bertz CT molecular complexity index is 564. The highest BCUT2D eigenvalue weighted by Crippen LogP contribution is 2.30. The topological polar surface area (TPSA) is 53.1 Å². The Kier molecular flexibility index (Phi) is 3.85. The van der Waals surface area contributed by atoms with Crippen LogP contribution >= 0.6 is 0 Å². The van der Waals surface area contributed by atoms with Crippen molar-refractivity contribution in [1.29, 1.82) is 0 Å². The van der Waals surface area contributed by atoms with Gasteiger partial charge in [0.25, 0.3) is 0 Å². The summed E-state index contributed by atoms with van der Waals surface area (Å²) in [6, 6.07) is 4.50. The Labute approximate surface area is 112 Å². The molecule has 0 bridgehead atoms. The standard InChI is InChI=1S/C14H18FN3O/c1-9(2)18-8-11(7-17-18)19-13-6-4-5-12(15)14(13)10(3)16/h4-10H,16H2,1-3H3/t10-/m0/s1. The molecule has 2 rings (SSSR count). The van der Waals surface area contributed by atoms with E-state index in [1.54, 1.807) is 36.1 Å². The van der Waals surface area contributed by atoms with E-state index >= 15 is 0 Å². The van der Waals surface area contributed by atoms with Crippen molar-refractivity contribution < 1.29 is 9.13 Å². The number of aromatic nitrogens is 2. The second-order valence-corrected chi connectivity index (χ2v) is 4.79. The summed E-state index contributed by atoms with van der Waals surface area (Å²) in [6.07, 6.45) is 3.39. The van der Waals surface area contributed by atoms with Gasteiger partial charge >= 0.3 is 0 Å². The number of hydrogen-bond donors (Lipinski definition) is 1. The van der Waals surface area contributed by atoms with Gasteiger partial charge in [-0.3, -0.25) is 4.68 Å². The van der Waals surface area contributed by atoms with E-state index in [2.05, 4.69) is 5.10 Å². The summed E-state index contributed by atoms with van der Waals surface area (Å²) in [6.45, 7) is 5.77. The molecule has 0 amide bonds. The van der Waals surface area contributed by atoms with Gasteiger partial charge in [0.1, 0.15) is 11.6 Å². The van der Waals surface area contributed by atoms with E-state index in [-0.39, 0.29) is 11.9 Å². The molecule has 2 aromatic rings. The Morgan fingerprint density at radius 3 is 2.63 bits per heavy atom. The van der Waals surface area contributed by atoms with E-state index in [1.807, 2.05) is 13.8 Å². The maximum atomic E-state index is 13.8. The molecule has 0 saturated heterocycles. The van der Waals surface area contributed by atoms with Crippen LogP contribution in [0.3, 0.4) is 0 Å². The molecule has 1 aromatic heterocycles. The summed E-state index contributed by atoms with van der Waals surface area (Å²) in [5.41, 5.74) is 6.16. The Hall–Kier alpha value is -1.88. The number of ether oxygens (including phenoxy) is 1. The number of rotatable bonds is 4. The molecule has 0 aliphatic heterocycles. The zero-order chi connectivity index (χ0) is 14.0. The molecule has 1 heterocycles. The molecule has 1 aromatic carbocycles. The maximum Gasteiger partial charge on any atom is 0.165 e. The lowest BCUT2D eigenvalue weighted by Gasteiger charge is -2.13. The van der Waals surface area contributed by atoms with Crippen molar-refractivity contribution in [3.63, 3.8) is 0 Å². The molecule has 0 saturated carbocycles. The van der Waals surface area contributed by atoms with Crippen molar-refractivity contribution in [1.82, 2.24) is 9.78 Å². The van der Waals surface area contributed by atoms with Crippen LogP contribution in [0.25, 0.3) is 0 Å². The first-order chi connectivity index (χ1) is 8.99. The summed E-state index contributed by atoms with van der Waals surface area (Å²) in [5, 5.41) is 4.18. The quantitative estimate of drug-likeness (QED) is 0.919. The number of benzene rings is 1. The lowest BCUT2D eigenvalue weighted by atomic mass is 10.1. The maximum absolute atomic E-state index is 13.8. The van der Waals surface area contributed by atoms with E-state index < -0.39 is 6.04 Å². The van der Waals surface area contributed by atoms with Gasteiger partial charge in [-0.2, -0.15) is 5.10 Å². The molecule has 19 heavy (non-hydrogen) atoms. The highest BCUT2D eigenvalue weighted by molar-refractivity contribution is 5.39. The third-order valence-electron chi connectivity index (χ3n) is 2.80. The predicted octanol–water partition coefficient (Wildman–Crippen LogP) is 3.42. The van der Waals surface area contributed by atoms with Gasteiger partial charge in [-0.15, -0.1) is 0 Å². The van der Waals surface area contributed by atoms with Gasteiger partial charge in [-0.1, -0.05) is 6.07 Å². The molecule has 4 nitrogen and oxygen atoms in total. The van der Waals surface area contributed by atoms with Crippen molar-refractivity contribution >= 4 is 0 Å². The van der Waals surface area contributed by atoms with Crippen molar-refractivity contribution in [2.24, 2.45) is 5.73 Å². The van der Waals surface area contributed by atoms with Gasteiger partial charge in [0, 0.05) is 17.6 Å². The molecule has 2 N–H and O–H groups in total. The second kappa shape index (κ2) is 5.40. The molecule has 0 radical (unpaired) electrons. The van der Waals surface area contributed by atoms with Crippen molar-refractivity contribution in [3.05, 3.63) is 42.0 Å². The molecule has 102 valence electrons. The lowest BCUT2D eigenvalue weighted by molar-refractivity contribution is 0.457. The predicted molar refractivity (Wildman–Crippen MR) is 71.7 cm³/mol. The molecular weight excluding hydrogens is 245 g/mol. The van der Waals surface area contributed by atoms with E-state index in [4.69, 9.17) is 10.5 Å². The van der Waals surface area contributed by atoms with Crippen LogP contribution in [-0.4, -0.2) is 9.78 Å². The summed E-state index contributed by atoms with van der Waals surface area (Å²) in [7, 11) is 0. The molecule has 1 atom stereocenters. The third kappa shape index (κ3) is 2.93.